The number of fused-ring (bicyclic) bond motifs is 5. The molecule has 6 rings (SSSR count). The molecule has 39 heavy (non-hydrogen) atoms. The van der Waals surface area contributed by atoms with Gasteiger partial charge in [-0.05, 0) is 38.3 Å². The first kappa shape index (κ1) is 26.6. The number of rotatable bonds is 3. The minimum atomic E-state index is -1.09. The number of carbonyl (C=O) groups excluding carboxylic acids is 2. The number of urea groups is 1. The summed E-state index contributed by atoms with van der Waals surface area (Å²) in [5.74, 6) is 0.260. The van der Waals surface area contributed by atoms with Crippen LogP contribution in [0, 0.1) is 17.8 Å². The summed E-state index contributed by atoms with van der Waals surface area (Å²) in [6.45, 7) is 13.4. The van der Waals surface area contributed by atoms with E-state index in [1.54, 1.807) is 4.90 Å². The summed E-state index contributed by atoms with van der Waals surface area (Å²) in [6, 6.07) is -0.522. The molecule has 0 radical (unpaired) electrons. The van der Waals surface area contributed by atoms with Gasteiger partial charge in [0, 0.05) is 68.8 Å². The molecule has 0 saturated carbocycles. The Bertz CT molecular complexity index is 1100. The van der Waals surface area contributed by atoms with Gasteiger partial charge in [0.2, 0.25) is 5.91 Å². The van der Waals surface area contributed by atoms with E-state index in [9.17, 15) is 9.59 Å². The van der Waals surface area contributed by atoms with E-state index in [-0.39, 0.29) is 54.2 Å². The number of nitrogens with zero attached hydrogens (tertiary/aromatic N) is 6. The van der Waals surface area contributed by atoms with Crippen molar-refractivity contribution in [1.29, 1.82) is 0 Å². The van der Waals surface area contributed by atoms with Crippen molar-refractivity contribution in [1.82, 2.24) is 45.6 Å². The van der Waals surface area contributed by atoms with Gasteiger partial charge in [-0.15, -0.1) is 5.10 Å². The number of halogens is 1. The summed E-state index contributed by atoms with van der Waals surface area (Å²) in [4.78, 5) is 32.5. The molecule has 8 unspecified atom stereocenters. The minimum absolute atomic E-state index is 0.0135. The van der Waals surface area contributed by atoms with E-state index in [0.29, 0.717) is 44.9 Å². The fourth-order valence-corrected chi connectivity index (χ4v) is 7.81. The molecule has 6 heterocycles. The van der Waals surface area contributed by atoms with E-state index in [1.807, 2.05) is 15.8 Å². The van der Waals surface area contributed by atoms with Crippen molar-refractivity contribution in [3.8, 4) is 0 Å². The number of carbonyl (C=O) groups is 2. The molecule has 1 aromatic heterocycles. The Morgan fingerprint density at radius 2 is 2.08 bits per heavy atom. The summed E-state index contributed by atoms with van der Waals surface area (Å²) in [7, 11) is 0. The van der Waals surface area contributed by atoms with Crippen molar-refractivity contribution in [2.24, 2.45) is 17.8 Å². The third kappa shape index (κ3) is 4.74. The highest BCUT2D eigenvalue weighted by atomic mass is 19.1. The van der Waals surface area contributed by atoms with E-state index in [1.165, 1.54) is 6.08 Å². The zero-order valence-electron chi connectivity index (χ0n) is 23.2. The maximum absolute atomic E-state index is 15.9. The number of hydrogen-bond acceptors (Lipinski definition) is 7. The van der Waals surface area contributed by atoms with Gasteiger partial charge in [-0.2, -0.15) is 0 Å². The molecule has 5 aliphatic heterocycles. The fraction of sp³-hybridized carbons (Fsp3) is 0.778. The Morgan fingerprint density at radius 1 is 1.26 bits per heavy atom. The minimum Gasteiger partial charge on any atom is -0.336 e. The zero-order chi connectivity index (χ0) is 27.4. The molecule has 3 N–H and O–H groups in total. The van der Waals surface area contributed by atoms with Crippen molar-refractivity contribution in [2.75, 3.05) is 26.2 Å². The van der Waals surface area contributed by atoms with Gasteiger partial charge in [0.15, 0.2) is 0 Å². The molecule has 4 fully saturated rings. The molecular weight excluding hydrogens is 501 g/mol. The van der Waals surface area contributed by atoms with E-state index in [0.717, 1.165) is 18.7 Å². The molecule has 11 nitrogen and oxygen atoms in total. The lowest BCUT2D eigenvalue weighted by Gasteiger charge is -2.59. The lowest BCUT2D eigenvalue weighted by molar-refractivity contribution is -0.131. The van der Waals surface area contributed by atoms with Crippen LogP contribution < -0.4 is 16.0 Å². The van der Waals surface area contributed by atoms with Gasteiger partial charge >= 0.3 is 6.03 Å². The van der Waals surface area contributed by atoms with Crippen LogP contribution in [0.15, 0.2) is 18.9 Å². The maximum Gasteiger partial charge on any atom is 0.320 e. The van der Waals surface area contributed by atoms with Gasteiger partial charge in [-0.25, -0.2) is 9.18 Å². The average molecular weight is 544 g/mol. The summed E-state index contributed by atoms with van der Waals surface area (Å²) in [5.41, 5.74) is 0.779. The van der Waals surface area contributed by atoms with Gasteiger partial charge < -0.3 is 20.4 Å². The smallest absolute Gasteiger partial charge is 0.320 e. The maximum atomic E-state index is 15.9. The fourth-order valence-electron chi connectivity index (χ4n) is 7.81. The molecule has 3 amide bonds. The molecule has 9 atom stereocenters. The average Bonchev–Trinajstić information content (AvgIpc) is 3.34. The second-order valence-corrected chi connectivity index (χ2v) is 12.4. The van der Waals surface area contributed by atoms with Crippen LogP contribution in [0.5, 0.6) is 0 Å². The SMILES string of the molecule is C=CC(=O)N1CCN(C2NC(=O)N3C4NC(Cc5cn(nn5)CC5CCNC(C(C)C)C53)C(F)CC42)[C@@H](C)C1. The lowest BCUT2D eigenvalue weighted by atomic mass is 9.77. The van der Waals surface area contributed by atoms with Crippen LogP contribution in [-0.2, 0) is 17.8 Å². The van der Waals surface area contributed by atoms with Crippen molar-refractivity contribution in [3.05, 3.63) is 24.5 Å². The standard InChI is InChI=1S/C27H42FN9O2/c1-5-22(38)34-8-9-36(16(4)12-34)25-19-11-20(28)21-10-18-14-35(33-32-18)13-17-6-7-29-23(15(2)3)24(17)37(26(19)30-21)27(39)31-25/h5,14-17,19-21,23-26,29-30H,1,6-13H2,2-4H3,(H,31,39)/t16-,17?,19?,20?,21?,23?,24?,25?,26?/m0/s1. The van der Waals surface area contributed by atoms with Gasteiger partial charge in [0.1, 0.15) is 6.17 Å². The molecule has 1 aromatic rings. The first-order valence-corrected chi connectivity index (χ1v) is 14.5. The Kier molecular flexibility index (Phi) is 7.13. The Hall–Kier alpha value is -2.57. The van der Waals surface area contributed by atoms with E-state index < -0.39 is 12.2 Å². The number of hydrogen-bond donors (Lipinski definition) is 3. The van der Waals surface area contributed by atoms with Gasteiger partial charge in [0.25, 0.3) is 0 Å². The molecule has 214 valence electrons. The Labute approximate surface area is 229 Å². The number of nitrogens with one attached hydrogen (secondary N) is 3. The third-order valence-corrected chi connectivity index (χ3v) is 9.68. The van der Waals surface area contributed by atoms with Crippen LogP contribution in [0.3, 0.4) is 0 Å². The largest absolute Gasteiger partial charge is 0.336 e. The number of alkyl halides is 1. The molecular formula is C27H42FN9O2. The lowest BCUT2D eigenvalue weighted by Crippen LogP contribution is -2.79. The van der Waals surface area contributed by atoms with Crippen LogP contribution in [0.1, 0.15) is 39.3 Å². The quantitative estimate of drug-likeness (QED) is 0.478. The van der Waals surface area contributed by atoms with E-state index in [4.69, 9.17) is 0 Å². The van der Waals surface area contributed by atoms with Gasteiger partial charge in [-0.1, -0.05) is 25.6 Å². The van der Waals surface area contributed by atoms with Crippen LogP contribution in [0.2, 0.25) is 0 Å². The third-order valence-electron chi connectivity index (χ3n) is 9.68. The number of aromatic nitrogens is 3. The summed E-state index contributed by atoms with van der Waals surface area (Å²) < 4.78 is 17.8. The first-order chi connectivity index (χ1) is 18.7. The molecule has 4 saturated heterocycles. The van der Waals surface area contributed by atoms with Crippen LogP contribution in [0.4, 0.5) is 9.18 Å². The Balaban J connectivity index is 1.36. The highest BCUT2D eigenvalue weighted by molar-refractivity contribution is 5.87. The molecule has 12 heteroatoms. The Morgan fingerprint density at radius 3 is 2.82 bits per heavy atom. The van der Waals surface area contributed by atoms with Gasteiger partial charge in [-0.3, -0.25) is 19.7 Å². The van der Waals surface area contributed by atoms with E-state index >= 15 is 4.39 Å². The summed E-state index contributed by atoms with van der Waals surface area (Å²) in [6.07, 6.45) is 3.27. The monoisotopic (exact) mass is 543 g/mol. The number of piperidine rings is 2. The predicted octanol–water partition coefficient (Wildman–Crippen LogP) is 0.549. The topological polar surface area (TPSA) is 111 Å². The molecule has 0 aliphatic carbocycles. The molecule has 0 spiro atoms. The zero-order valence-corrected chi connectivity index (χ0v) is 23.2. The van der Waals surface area contributed by atoms with Crippen LogP contribution in [0.25, 0.3) is 0 Å². The van der Waals surface area contributed by atoms with E-state index in [2.05, 4.69) is 58.5 Å². The predicted molar refractivity (Wildman–Crippen MR) is 143 cm³/mol. The van der Waals surface area contributed by atoms with Crippen LogP contribution in [-0.4, -0.2) is 110 Å². The summed E-state index contributed by atoms with van der Waals surface area (Å²) >= 11 is 0. The van der Waals surface area contributed by atoms with Crippen molar-refractivity contribution in [2.45, 2.75) is 89.2 Å². The molecule has 4 bridgehead atoms. The number of amides is 3. The normalized spacial score (nSPS) is 39.0. The molecule has 0 aromatic carbocycles. The highest BCUT2D eigenvalue weighted by Crippen LogP contribution is 2.39. The van der Waals surface area contributed by atoms with Gasteiger partial charge in [0.05, 0.1) is 24.1 Å². The van der Waals surface area contributed by atoms with Crippen LogP contribution >= 0.6 is 0 Å². The summed E-state index contributed by atoms with van der Waals surface area (Å²) in [5, 5.41) is 19.4. The van der Waals surface area contributed by atoms with Crippen molar-refractivity contribution >= 4 is 11.9 Å². The second kappa shape index (κ2) is 10.4. The number of piperazine rings is 1. The molecule has 5 aliphatic rings. The second-order valence-electron chi connectivity index (χ2n) is 12.4. The highest BCUT2D eigenvalue weighted by Gasteiger charge is 2.55. The first-order valence-electron chi connectivity index (χ1n) is 14.5. The van der Waals surface area contributed by atoms with Crippen molar-refractivity contribution < 1.29 is 14.0 Å². The van der Waals surface area contributed by atoms with Crippen molar-refractivity contribution in [3.63, 3.8) is 0 Å².